The zero-order valence-electron chi connectivity index (χ0n) is 24.4. The molecule has 2 heterocycles. The van der Waals surface area contributed by atoms with Crippen molar-refractivity contribution in [3.63, 3.8) is 0 Å². The van der Waals surface area contributed by atoms with Gasteiger partial charge in [-0.05, 0) is 51.0 Å². The number of aliphatic hydroxyl groups excluding tert-OH is 1. The van der Waals surface area contributed by atoms with E-state index in [9.17, 15) is 24.6 Å². The molecule has 10 heteroatoms. The quantitative estimate of drug-likeness (QED) is 0.309. The largest absolute Gasteiger partial charge is 0.508 e. The number of hydrogen-bond acceptors (Lipinski definition) is 7. The Balaban J connectivity index is 1.38. The van der Waals surface area contributed by atoms with E-state index in [0.717, 1.165) is 16.9 Å². The fraction of sp³-hybridized carbons (Fsp3) is 0.364. The predicted octanol–water partition coefficient (Wildman–Crippen LogP) is 3.72. The Bertz CT molecular complexity index is 1500. The number of hydrogen-bond donors (Lipinski definition) is 4. The van der Waals surface area contributed by atoms with Crippen LogP contribution in [-0.4, -0.2) is 68.3 Å². The van der Waals surface area contributed by atoms with Crippen LogP contribution >= 0.6 is 11.8 Å². The van der Waals surface area contributed by atoms with Gasteiger partial charge >= 0.3 is 0 Å². The van der Waals surface area contributed by atoms with Gasteiger partial charge in [0, 0.05) is 27.9 Å². The maximum absolute atomic E-state index is 14.0. The van der Waals surface area contributed by atoms with E-state index >= 15 is 0 Å². The number of carbonyl (C=O) groups is 3. The highest BCUT2D eigenvalue weighted by Crippen LogP contribution is 2.41. The van der Waals surface area contributed by atoms with Gasteiger partial charge < -0.3 is 30.5 Å². The van der Waals surface area contributed by atoms with Gasteiger partial charge in [0.25, 0.3) is 11.8 Å². The van der Waals surface area contributed by atoms with Gasteiger partial charge in [-0.3, -0.25) is 14.4 Å². The van der Waals surface area contributed by atoms with Crippen LogP contribution in [0.2, 0.25) is 0 Å². The van der Waals surface area contributed by atoms with E-state index < -0.39 is 34.7 Å². The number of amides is 3. The zero-order chi connectivity index (χ0) is 30.7. The van der Waals surface area contributed by atoms with Crippen LogP contribution in [0.25, 0.3) is 0 Å². The van der Waals surface area contributed by atoms with Crippen molar-refractivity contribution in [1.82, 2.24) is 15.5 Å². The van der Waals surface area contributed by atoms with E-state index in [1.54, 1.807) is 19.1 Å². The number of para-hydroxylation sites is 1. The van der Waals surface area contributed by atoms with Gasteiger partial charge in [0.05, 0.1) is 24.6 Å². The fourth-order valence-corrected chi connectivity index (χ4v) is 6.86. The maximum Gasteiger partial charge on any atom is 0.254 e. The number of aliphatic hydroxyl groups is 1. The van der Waals surface area contributed by atoms with Gasteiger partial charge in [0.15, 0.2) is 6.10 Å². The highest BCUT2D eigenvalue weighted by molar-refractivity contribution is 8.00. The molecular weight excluding hydrogens is 566 g/mol. The first-order chi connectivity index (χ1) is 20.6. The minimum atomic E-state index is -1.63. The van der Waals surface area contributed by atoms with Crippen molar-refractivity contribution in [2.75, 3.05) is 12.5 Å². The van der Waals surface area contributed by atoms with Crippen molar-refractivity contribution >= 4 is 29.5 Å². The first-order valence-electron chi connectivity index (χ1n) is 14.3. The molecule has 0 bridgehead atoms. The molecule has 9 nitrogen and oxygen atoms in total. The van der Waals surface area contributed by atoms with Crippen LogP contribution < -0.4 is 15.4 Å². The van der Waals surface area contributed by atoms with Gasteiger partial charge in [-0.2, -0.15) is 0 Å². The number of benzene rings is 3. The Morgan fingerprint density at radius 1 is 1.05 bits per heavy atom. The fourth-order valence-electron chi connectivity index (χ4n) is 5.72. The summed E-state index contributed by atoms with van der Waals surface area (Å²) in [7, 11) is 0. The first kappa shape index (κ1) is 30.4. The molecule has 1 saturated heterocycles. The van der Waals surface area contributed by atoms with Crippen molar-refractivity contribution in [2.24, 2.45) is 0 Å². The second kappa shape index (κ2) is 12.7. The van der Waals surface area contributed by atoms with Gasteiger partial charge in [-0.1, -0.05) is 54.6 Å². The molecule has 3 aromatic carbocycles. The van der Waals surface area contributed by atoms with Gasteiger partial charge in [-0.25, -0.2) is 0 Å². The summed E-state index contributed by atoms with van der Waals surface area (Å²) in [5, 5.41) is 27.6. The second-order valence-electron chi connectivity index (χ2n) is 11.5. The molecule has 0 unspecified atom stereocenters. The SMILES string of the molecule is Cc1c(O)cccc1C(=O)N[C@@H](Cc1ccccc1)[C@H](O)C(=O)N1CSC(C)(C)[C@H]1C(=O)N[C@@H]1CCOc2ccccc21. The summed E-state index contributed by atoms with van der Waals surface area (Å²) in [4.78, 5) is 42.6. The smallest absolute Gasteiger partial charge is 0.254 e. The highest BCUT2D eigenvalue weighted by atomic mass is 32.2. The molecule has 0 aliphatic carbocycles. The number of thioether (sulfide) groups is 1. The molecule has 1 fully saturated rings. The van der Waals surface area contributed by atoms with Crippen LogP contribution in [0.3, 0.4) is 0 Å². The van der Waals surface area contributed by atoms with Crippen LogP contribution in [0.15, 0.2) is 72.8 Å². The molecule has 0 aromatic heterocycles. The van der Waals surface area contributed by atoms with E-state index in [-0.39, 0.29) is 35.6 Å². The number of rotatable bonds is 8. The molecule has 2 aliphatic heterocycles. The molecule has 0 spiro atoms. The first-order valence-corrected chi connectivity index (χ1v) is 15.3. The number of ether oxygens (including phenoxy) is 1. The van der Waals surface area contributed by atoms with Crippen LogP contribution in [0, 0.1) is 6.92 Å². The van der Waals surface area contributed by atoms with E-state index in [2.05, 4.69) is 10.6 Å². The molecule has 0 saturated carbocycles. The molecule has 43 heavy (non-hydrogen) atoms. The summed E-state index contributed by atoms with van der Waals surface area (Å²) >= 11 is 1.46. The summed E-state index contributed by atoms with van der Waals surface area (Å²) in [5.41, 5.74) is 2.33. The van der Waals surface area contributed by atoms with E-state index in [0.29, 0.717) is 18.6 Å². The Labute approximate surface area is 255 Å². The summed E-state index contributed by atoms with van der Waals surface area (Å²) < 4.78 is 5.12. The number of phenolic OH excluding ortho intramolecular Hbond substituents is 1. The zero-order valence-corrected chi connectivity index (χ0v) is 25.3. The van der Waals surface area contributed by atoms with Crippen molar-refractivity contribution in [3.8, 4) is 11.5 Å². The van der Waals surface area contributed by atoms with Crippen LogP contribution in [0.1, 0.15) is 53.4 Å². The minimum absolute atomic E-state index is 0.0267. The average Bonchev–Trinajstić information content (AvgIpc) is 3.32. The predicted molar refractivity (Wildman–Crippen MR) is 165 cm³/mol. The second-order valence-corrected chi connectivity index (χ2v) is 13.1. The molecule has 0 radical (unpaired) electrons. The van der Waals surface area contributed by atoms with E-state index in [4.69, 9.17) is 4.74 Å². The summed E-state index contributed by atoms with van der Waals surface area (Å²) in [6, 6.07) is 19.3. The lowest BCUT2D eigenvalue weighted by atomic mass is 9.95. The standard InChI is InChI=1S/C33H37N3O6S/c1-20-22(13-9-14-26(20)37)30(39)35-25(18-21-10-5-4-6-11-21)28(38)32(41)36-19-43-33(2,3)29(36)31(40)34-24-16-17-42-27-15-8-7-12-23(24)27/h4-15,24-25,28-29,37-38H,16-19H2,1-3H3,(H,34,40)(H,35,39)/t24-,25+,28+,29-/m1/s1. The third-order valence-electron chi connectivity index (χ3n) is 8.15. The lowest BCUT2D eigenvalue weighted by Crippen LogP contribution is -2.59. The molecular formula is C33H37N3O6S. The van der Waals surface area contributed by atoms with Crippen LogP contribution in [0.5, 0.6) is 11.5 Å². The minimum Gasteiger partial charge on any atom is -0.508 e. The van der Waals surface area contributed by atoms with Crippen molar-refractivity contribution in [1.29, 1.82) is 0 Å². The Kier molecular flexibility index (Phi) is 8.98. The third kappa shape index (κ3) is 6.50. The molecule has 3 amide bonds. The monoisotopic (exact) mass is 603 g/mol. The Morgan fingerprint density at radius 3 is 2.53 bits per heavy atom. The Morgan fingerprint density at radius 2 is 1.77 bits per heavy atom. The summed E-state index contributed by atoms with van der Waals surface area (Å²) in [5.74, 6) is -0.561. The average molecular weight is 604 g/mol. The van der Waals surface area contributed by atoms with Crippen molar-refractivity contribution in [2.45, 2.75) is 62.6 Å². The molecule has 5 rings (SSSR count). The normalized spacial score (nSPS) is 20.3. The topological polar surface area (TPSA) is 128 Å². The molecule has 3 aromatic rings. The lowest BCUT2D eigenvalue weighted by Gasteiger charge is -2.35. The van der Waals surface area contributed by atoms with Gasteiger partial charge in [0.1, 0.15) is 17.5 Å². The molecule has 4 atom stereocenters. The summed E-state index contributed by atoms with van der Waals surface area (Å²) in [6.07, 6.45) is -0.855. The maximum atomic E-state index is 14.0. The van der Waals surface area contributed by atoms with Crippen molar-refractivity contribution < 1.29 is 29.3 Å². The third-order valence-corrected chi connectivity index (χ3v) is 9.53. The number of carbonyl (C=O) groups excluding carboxylic acids is 3. The van der Waals surface area contributed by atoms with Gasteiger partial charge in [-0.15, -0.1) is 11.8 Å². The highest BCUT2D eigenvalue weighted by Gasteiger charge is 2.50. The Hall–Kier alpha value is -4.02. The van der Waals surface area contributed by atoms with Crippen molar-refractivity contribution in [3.05, 3.63) is 95.1 Å². The number of fused-ring (bicyclic) bond motifs is 1. The number of nitrogens with zero attached hydrogens (tertiary/aromatic N) is 1. The van der Waals surface area contributed by atoms with E-state index in [1.807, 2.05) is 68.4 Å². The van der Waals surface area contributed by atoms with Crippen LogP contribution in [0.4, 0.5) is 0 Å². The molecule has 2 aliphatic rings. The van der Waals surface area contributed by atoms with E-state index in [1.165, 1.54) is 22.7 Å². The summed E-state index contributed by atoms with van der Waals surface area (Å²) in [6.45, 7) is 5.91. The molecule has 4 N–H and O–H groups in total. The number of aromatic hydroxyl groups is 1. The van der Waals surface area contributed by atoms with Crippen LogP contribution in [-0.2, 0) is 16.0 Å². The van der Waals surface area contributed by atoms with Gasteiger partial charge in [0.2, 0.25) is 5.91 Å². The number of phenols is 1. The number of nitrogens with one attached hydrogen (secondary N) is 2. The lowest BCUT2D eigenvalue weighted by molar-refractivity contribution is -0.147. The molecule has 226 valence electrons.